The highest BCUT2D eigenvalue weighted by atomic mass is 32.2. The first-order valence-electron chi connectivity index (χ1n) is 9.47. The molecule has 1 N–H and O–H groups in total. The number of halogens is 1. The fourth-order valence-electron chi connectivity index (χ4n) is 2.82. The minimum Gasteiger partial charge on any atom is -0.497 e. The van der Waals surface area contributed by atoms with Gasteiger partial charge in [0.05, 0.1) is 12.9 Å². The predicted molar refractivity (Wildman–Crippen MR) is 114 cm³/mol. The summed E-state index contributed by atoms with van der Waals surface area (Å²) in [7, 11) is 1.58. The Kier molecular flexibility index (Phi) is 8.99. The molecule has 5 nitrogen and oxygen atoms in total. The number of methoxy groups -OCH3 is 1. The highest BCUT2D eigenvalue weighted by Crippen LogP contribution is 2.19. The number of nitrogens with one attached hydrogen (secondary N) is 1. The van der Waals surface area contributed by atoms with Gasteiger partial charge < -0.3 is 15.0 Å². The van der Waals surface area contributed by atoms with E-state index in [2.05, 4.69) is 5.32 Å². The van der Waals surface area contributed by atoms with Crippen LogP contribution in [0.3, 0.4) is 0 Å². The molecule has 2 aromatic carbocycles. The van der Waals surface area contributed by atoms with E-state index in [0.717, 1.165) is 5.56 Å². The Morgan fingerprint density at radius 1 is 1.21 bits per heavy atom. The number of carbonyl (C=O) groups is 2. The van der Waals surface area contributed by atoms with Gasteiger partial charge in [0.25, 0.3) is 0 Å². The molecule has 7 heteroatoms. The van der Waals surface area contributed by atoms with Crippen molar-refractivity contribution in [3.63, 3.8) is 0 Å². The lowest BCUT2D eigenvalue weighted by Crippen LogP contribution is -2.48. The first kappa shape index (κ1) is 22.7. The molecule has 0 bridgehead atoms. The number of ether oxygens (including phenoxy) is 1. The number of hydrogen-bond acceptors (Lipinski definition) is 4. The van der Waals surface area contributed by atoms with Gasteiger partial charge in [0.2, 0.25) is 11.8 Å². The van der Waals surface area contributed by atoms with Crippen LogP contribution in [-0.2, 0) is 21.9 Å². The molecule has 0 aliphatic rings. The van der Waals surface area contributed by atoms with Crippen molar-refractivity contribution < 1.29 is 18.7 Å². The van der Waals surface area contributed by atoms with Gasteiger partial charge in [0.15, 0.2) is 0 Å². The summed E-state index contributed by atoms with van der Waals surface area (Å²) in [4.78, 5) is 26.8. The monoisotopic (exact) mass is 418 g/mol. The number of hydrogen-bond donors (Lipinski definition) is 1. The number of thioether (sulfide) groups is 1. The van der Waals surface area contributed by atoms with Crippen molar-refractivity contribution in [2.24, 2.45) is 0 Å². The van der Waals surface area contributed by atoms with E-state index in [4.69, 9.17) is 4.74 Å². The van der Waals surface area contributed by atoms with Crippen LogP contribution in [0.15, 0.2) is 48.5 Å². The topological polar surface area (TPSA) is 58.6 Å². The molecule has 0 saturated heterocycles. The van der Waals surface area contributed by atoms with Crippen molar-refractivity contribution >= 4 is 23.6 Å². The maximum atomic E-state index is 13.8. The number of benzene rings is 2. The van der Waals surface area contributed by atoms with E-state index in [9.17, 15) is 14.0 Å². The number of amides is 2. The zero-order valence-electron chi connectivity index (χ0n) is 17.0. The number of rotatable bonds is 10. The Bertz CT molecular complexity index is 831. The van der Waals surface area contributed by atoms with Gasteiger partial charge in [-0.25, -0.2) is 4.39 Å². The molecule has 1 atom stereocenters. The van der Waals surface area contributed by atoms with Gasteiger partial charge in [0, 0.05) is 18.8 Å². The van der Waals surface area contributed by atoms with Crippen molar-refractivity contribution in [3.05, 3.63) is 65.5 Å². The van der Waals surface area contributed by atoms with Crippen LogP contribution in [0.4, 0.5) is 4.39 Å². The third-order valence-corrected chi connectivity index (χ3v) is 5.41. The lowest BCUT2D eigenvalue weighted by molar-refractivity contribution is -0.138. The van der Waals surface area contributed by atoms with Crippen LogP contribution in [0.5, 0.6) is 5.75 Å². The Hall–Kier alpha value is -2.54. The number of carbonyl (C=O) groups excluding carboxylic acids is 2. The maximum Gasteiger partial charge on any atom is 0.242 e. The molecule has 2 rings (SSSR count). The number of nitrogens with zero attached hydrogens (tertiary/aromatic N) is 1. The molecule has 2 aromatic rings. The number of likely N-dealkylation sites (N-methyl/N-ethyl adjacent to an activating group) is 1. The second kappa shape index (κ2) is 11.5. The average molecular weight is 419 g/mol. The van der Waals surface area contributed by atoms with Gasteiger partial charge in [0.1, 0.15) is 17.6 Å². The summed E-state index contributed by atoms with van der Waals surface area (Å²) in [5.74, 6) is 0.574. The molecule has 2 amide bonds. The molecule has 0 unspecified atom stereocenters. The average Bonchev–Trinajstić information content (AvgIpc) is 2.73. The Morgan fingerprint density at radius 3 is 2.66 bits per heavy atom. The largest absolute Gasteiger partial charge is 0.497 e. The van der Waals surface area contributed by atoms with Crippen LogP contribution in [0.25, 0.3) is 0 Å². The van der Waals surface area contributed by atoms with Gasteiger partial charge in [-0.3, -0.25) is 9.59 Å². The fraction of sp³-hybridized carbons (Fsp3) is 0.364. The summed E-state index contributed by atoms with van der Waals surface area (Å²) in [6, 6.07) is 13.3. The summed E-state index contributed by atoms with van der Waals surface area (Å²) in [5, 5.41) is 2.76. The van der Waals surface area contributed by atoms with Crippen molar-refractivity contribution in [1.29, 1.82) is 0 Å². The second-order valence-electron chi connectivity index (χ2n) is 6.53. The Balaban J connectivity index is 2.09. The summed E-state index contributed by atoms with van der Waals surface area (Å²) < 4.78 is 19.0. The summed E-state index contributed by atoms with van der Waals surface area (Å²) in [6.07, 6.45) is 0. The van der Waals surface area contributed by atoms with Crippen molar-refractivity contribution in [1.82, 2.24) is 10.2 Å². The molecule has 0 aromatic heterocycles. The maximum absolute atomic E-state index is 13.8. The van der Waals surface area contributed by atoms with E-state index in [1.54, 1.807) is 37.1 Å². The minimum atomic E-state index is -0.622. The third-order valence-electron chi connectivity index (χ3n) is 4.45. The van der Waals surface area contributed by atoms with Gasteiger partial charge in [-0.05, 0) is 43.2 Å². The van der Waals surface area contributed by atoms with Gasteiger partial charge in [-0.2, -0.15) is 0 Å². The molecule has 156 valence electrons. The van der Waals surface area contributed by atoms with Crippen LogP contribution < -0.4 is 10.1 Å². The SMILES string of the molecule is CCNC(=O)[C@H](C)N(Cc1cccc(OC)c1)C(=O)CSCc1ccccc1F. The quantitative estimate of drug-likeness (QED) is 0.640. The molecule has 0 radical (unpaired) electrons. The van der Waals surface area contributed by atoms with Gasteiger partial charge >= 0.3 is 0 Å². The molecule has 0 spiro atoms. The standard InChI is InChI=1S/C22H27FN2O3S/c1-4-24-22(27)16(2)25(13-17-8-7-10-19(12-17)28-3)21(26)15-29-14-18-9-5-6-11-20(18)23/h5-12,16H,4,13-15H2,1-3H3,(H,24,27)/t16-/m0/s1. The van der Waals surface area contributed by atoms with E-state index in [1.807, 2.05) is 31.2 Å². The molecule has 29 heavy (non-hydrogen) atoms. The fourth-order valence-corrected chi connectivity index (χ4v) is 3.72. The smallest absolute Gasteiger partial charge is 0.242 e. The van der Waals surface area contributed by atoms with Crippen molar-refractivity contribution in [2.45, 2.75) is 32.2 Å². The van der Waals surface area contributed by atoms with E-state index in [-0.39, 0.29) is 29.9 Å². The molecule has 0 fully saturated rings. The first-order valence-corrected chi connectivity index (χ1v) is 10.6. The van der Waals surface area contributed by atoms with E-state index < -0.39 is 6.04 Å². The molecule has 0 aliphatic heterocycles. The summed E-state index contributed by atoms with van der Waals surface area (Å²) in [6.45, 7) is 4.33. The summed E-state index contributed by atoms with van der Waals surface area (Å²) in [5.41, 5.74) is 1.43. The highest BCUT2D eigenvalue weighted by molar-refractivity contribution is 7.99. The molecule has 0 saturated carbocycles. The van der Waals surface area contributed by atoms with Crippen molar-refractivity contribution in [3.8, 4) is 5.75 Å². The molecule has 0 heterocycles. The predicted octanol–water partition coefficient (Wildman–Crippen LogP) is 3.62. The van der Waals surface area contributed by atoms with E-state index >= 15 is 0 Å². The van der Waals surface area contributed by atoms with Crippen LogP contribution in [-0.4, -0.2) is 42.2 Å². The molecular weight excluding hydrogens is 391 g/mol. The van der Waals surface area contributed by atoms with Crippen LogP contribution in [0.1, 0.15) is 25.0 Å². The van der Waals surface area contributed by atoms with Crippen molar-refractivity contribution in [2.75, 3.05) is 19.4 Å². The lowest BCUT2D eigenvalue weighted by atomic mass is 10.1. The zero-order valence-corrected chi connectivity index (χ0v) is 17.8. The minimum absolute atomic E-state index is 0.155. The van der Waals surface area contributed by atoms with Crippen LogP contribution in [0.2, 0.25) is 0 Å². The molecule has 0 aliphatic carbocycles. The Labute approximate surface area is 175 Å². The summed E-state index contributed by atoms with van der Waals surface area (Å²) >= 11 is 1.33. The zero-order chi connectivity index (χ0) is 21.2. The molecular formula is C22H27FN2O3S. The van der Waals surface area contributed by atoms with E-state index in [1.165, 1.54) is 17.8 Å². The van der Waals surface area contributed by atoms with Crippen LogP contribution >= 0.6 is 11.8 Å². The van der Waals surface area contributed by atoms with Gasteiger partial charge in [-0.15, -0.1) is 11.8 Å². The first-order chi connectivity index (χ1) is 14.0. The normalized spacial score (nSPS) is 11.6. The highest BCUT2D eigenvalue weighted by Gasteiger charge is 2.25. The second-order valence-corrected chi connectivity index (χ2v) is 7.51. The Morgan fingerprint density at radius 2 is 1.97 bits per heavy atom. The lowest BCUT2D eigenvalue weighted by Gasteiger charge is -2.28. The van der Waals surface area contributed by atoms with Crippen LogP contribution in [0, 0.1) is 5.82 Å². The third kappa shape index (κ3) is 6.78. The van der Waals surface area contributed by atoms with E-state index in [0.29, 0.717) is 23.6 Å². The van der Waals surface area contributed by atoms with Gasteiger partial charge in [-0.1, -0.05) is 30.3 Å².